The maximum Gasteiger partial charge on any atom is 0.00504 e. The predicted molar refractivity (Wildman–Crippen MR) is 78.5 cm³/mol. The van der Waals surface area contributed by atoms with Crippen molar-refractivity contribution in [2.24, 2.45) is 28.9 Å². The van der Waals surface area contributed by atoms with Gasteiger partial charge in [-0.05, 0) is 49.0 Å². The molecule has 1 saturated heterocycles. The van der Waals surface area contributed by atoms with Gasteiger partial charge >= 0.3 is 0 Å². The molecule has 0 aromatic heterocycles. The highest BCUT2D eigenvalue weighted by molar-refractivity contribution is 4.90. The molecular weight excluding hydrogens is 220 g/mol. The van der Waals surface area contributed by atoms with E-state index in [1.807, 2.05) is 0 Å². The number of hydrogen-bond donors (Lipinski definition) is 1. The summed E-state index contributed by atoms with van der Waals surface area (Å²) in [5.41, 5.74) is 6.59. The summed E-state index contributed by atoms with van der Waals surface area (Å²) in [5, 5.41) is 0. The summed E-state index contributed by atoms with van der Waals surface area (Å²) in [6.45, 7) is 11.9. The topological polar surface area (TPSA) is 29.3 Å². The molecule has 1 aliphatic heterocycles. The van der Waals surface area contributed by atoms with Crippen LogP contribution in [0.1, 0.15) is 52.9 Å². The average molecular weight is 252 g/mol. The SMILES string of the molecule is CC1CC(C)CN(CC2(CN)CCCC(C)C2)C1. The van der Waals surface area contributed by atoms with Crippen molar-refractivity contribution < 1.29 is 0 Å². The molecule has 4 unspecified atom stereocenters. The van der Waals surface area contributed by atoms with Crippen LogP contribution in [0.3, 0.4) is 0 Å². The molecule has 2 N–H and O–H groups in total. The zero-order valence-corrected chi connectivity index (χ0v) is 12.6. The summed E-state index contributed by atoms with van der Waals surface area (Å²) in [7, 11) is 0. The van der Waals surface area contributed by atoms with Gasteiger partial charge in [0, 0.05) is 19.6 Å². The third-order valence-corrected chi connectivity index (χ3v) is 5.12. The van der Waals surface area contributed by atoms with E-state index in [9.17, 15) is 0 Å². The maximum atomic E-state index is 6.16. The van der Waals surface area contributed by atoms with Gasteiger partial charge in [0.1, 0.15) is 0 Å². The Hall–Kier alpha value is -0.0800. The molecule has 0 aromatic rings. The number of piperidine rings is 1. The molecule has 1 aliphatic carbocycles. The molecule has 1 saturated carbocycles. The summed E-state index contributed by atoms with van der Waals surface area (Å²) < 4.78 is 0. The van der Waals surface area contributed by atoms with Gasteiger partial charge in [-0.25, -0.2) is 0 Å². The first kappa shape index (κ1) is 14.3. The molecule has 18 heavy (non-hydrogen) atoms. The van der Waals surface area contributed by atoms with Gasteiger partial charge in [-0.1, -0.05) is 33.6 Å². The third kappa shape index (κ3) is 3.48. The minimum absolute atomic E-state index is 0.425. The second-order valence-corrected chi connectivity index (χ2v) is 7.55. The van der Waals surface area contributed by atoms with Crippen LogP contribution in [0.4, 0.5) is 0 Å². The smallest absolute Gasteiger partial charge is 0.00504 e. The van der Waals surface area contributed by atoms with Crippen molar-refractivity contribution in [1.82, 2.24) is 4.90 Å². The van der Waals surface area contributed by atoms with Gasteiger partial charge in [0.05, 0.1) is 0 Å². The number of nitrogens with zero attached hydrogens (tertiary/aromatic N) is 1. The van der Waals surface area contributed by atoms with Gasteiger partial charge < -0.3 is 10.6 Å². The van der Waals surface area contributed by atoms with Crippen molar-refractivity contribution in [2.45, 2.75) is 52.9 Å². The highest BCUT2D eigenvalue weighted by Gasteiger charge is 2.36. The lowest BCUT2D eigenvalue weighted by molar-refractivity contribution is 0.0507. The Bertz CT molecular complexity index is 256. The van der Waals surface area contributed by atoms with Crippen molar-refractivity contribution in [3.05, 3.63) is 0 Å². The fraction of sp³-hybridized carbons (Fsp3) is 1.00. The molecule has 0 bridgehead atoms. The van der Waals surface area contributed by atoms with Crippen molar-refractivity contribution in [1.29, 1.82) is 0 Å². The van der Waals surface area contributed by atoms with Gasteiger partial charge in [-0.2, -0.15) is 0 Å². The molecule has 2 aliphatic rings. The lowest BCUT2D eigenvalue weighted by atomic mass is 9.69. The zero-order valence-electron chi connectivity index (χ0n) is 12.6. The van der Waals surface area contributed by atoms with E-state index >= 15 is 0 Å². The molecule has 2 heteroatoms. The largest absolute Gasteiger partial charge is 0.330 e. The van der Waals surface area contributed by atoms with E-state index in [1.54, 1.807) is 0 Å². The van der Waals surface area contributed by atoms with E-state index in [-0.39, 0.29) is 0 Å². The third-order valence-electron chi connectivity index (χ3n) is 5.12. The van der Waals surface area contributed by atoms with E-state index in [4.69, 9.17) is 5.73 Å². The maximum absolute atomic E-state index is 6.16. The van der Waals surface area contributed by atoms with Crippen LogP contribution < -0.4 is 5.73 Å². The summed E-state index contributed by atoms with van der Waals surface area (Å²) in [6.07, 6.45) is 6.91. The standard InChI is InChI=1S/C16H32N2/c1-13-5-4-6-16(8-13,11-17)12-18-9-14(2)7-15(3)10-18/h13-15H,4-12,17H2,1-3H3. The molecule has 106 valence electrons. The number of hydrogen-bond acceptors (Lipinski definition) is 2. The summed E-state index contributed by atoms with van der Waals surface area (Å²) in [6, 6.07) is 0. The molecule has 1 heterocycles. The first-order chi connectivity index (χ1) is 8.53. The lowest BCUT2D eigenvalue weighted by Crippen LogP contribution is -2.49. The predicted octanol–water partition coefficient (Wildman–Crippen LogP) is 3.12. The second kappa shape index (κ2) is 5.92. The van der Waals surface area contributed by atoms with Crippen LogP contribution in [0.15, 0.2) is 0 Å². The molecule has 0 radical (unpaired) electrons. The van der Waals surface area contributed by atoms with Crippen molar-refractivity contribution in [3.8, 4) is 0 Å². The highest BCUT2D eigenvalue weighted by Crippen LogP contribution is 2.40. The average Bonchev–Trinajstić information content (AvgIpc) is 2.27. The minimum Gasteiger partial charge on any atom is -0.330 e. The van der Waals surface area contributed by atoms with Gasteiger partial charge in [0.2, 0.25) is 0 Å². The van der Waals surface area contributed by atoms with Gasteiger partial charge in [0.25, 0.3) is 0 Å². The minimum atomic E-state index is 0.425. The van der Waals surface area contributed by atoms with Crippen LogP contribution in [-0.4, -0.2) is 31.1 Å². The van der Waals surface area contributed by atoms with Crippen LogP contribution in [-0.2, 0) is 0 Å². The molecule has 2 rings (SSSR count). The normalized spacial score (nSPS) is 43.0. The Morgan fingerprint density at radius 1 is 1.11 bits per heavy atom. The molecular formula is C16H32N2. The fourth-order valence-electron chi connectivity index (χ4n) is 4.56. The lowest BCUT2D eigenvalue weighted by Gasteiger charge is -2.45. The first-order valence-corrected chi connectivity index (χ1v) is 7.95. The van der Waals surface area contributed by atoms with E-state index in [0.29, 0.717) is 5.41 Å². The van der Waals surface area contributed by atoms with E-state index in [1.165, 1.54) is 51.7 Å². The Kier molecular flexibility index (Phi) is 4.71. The Balaban J connectivity index is 1.96. The number of likely N-dealkylation sites (tertiary alicyclic amines) is 1. The van der Waals surface area contributed by atoms with E-state index in [0.717, 1.165) is 24.3 Å². The molecule has 2 fully saturated rings. The van der Waals surface area contributed by atoms with Crippen LogP contribution in [0, 0.1) is 23.2 Å². The summed E-state index contributed by atoms with van der Waals surface area (Å²) in [5.74, 6) is 2.61. The quantitative estimate of drug-likeness (QED) is 0.836. The van der Waals surface area contributed by atoms with Gasteiger partial charge in [0.15, 0.2) is 0 Å². The van der Waals surface area contributed by atoms with Crippen LogP contribution >= 0.6 is 0 Å². The van der Waals surface area contributed by atoms with Gasteiger partial charge in [-0.3, -0.25) is 0 Å². The van der Waals surface area contributed by atoms with E-state index < -0.39 is 0 Å². The molecule has 0 spiro atoms. The van der Waals surface area contributed by atoms with Crippen LogP contribution in [0.25, 0.3) is 0 Å². The molecule has 0 amide bonds. The Morgan fingerprint density at radius 3 is 2.33 bits per heavy atom. The summed E-state index contributed by atoms with van der Waals surface area (Å²) in [4.78, 5) is 2.71. The number of nitrogens with two attached hydrogens (primary N) is 1. The number of rotatable bonds is 3. The zero-order chi connectivity index (χ0) is 13.2. The van der Waals surface area contributed by atoms with Crippen molar-refractivity contribution >= 4 is 0 Å². The highest BCUT2D eigenvalue weighted by atomic mass is 15.1. The van der Waals surface area contributed by atoms with E-state index in [2.05, 4.69) is 25.7 Å². The monoisotopic (exact) mass is 252 g/mol. The van der Waals surface area contributed by atoms with Crippen molar-refractivity contribution in [2.75, 3.05) is 26.2 Å². The second-order valence-electron chi connectivity index (χ2n) is 7.55. The van der Waals surface area contributed by atoms with Crippen LogP contribution in [0.5, 0.6) is 0 Å². The molecule has 4 atom stereocenters. The fourth-order valence-corrected chi connectivity index (χ4v) is 4.56. The van der Waals surface area contributed by atoms with Gasteiger partial charge in [-0.15, -0.1) is 0 Å². The Labute approximate surface area is 113 Å². The molecule has 0 aromatic carbocycles. The van der Waals surface area contributed by atoms with Crippen LogP contribution in [0.2, 0.25) is 0 Å². The first-order valence-electron chi connectivity index (χ1n) is 7.95. The Morgan fingerprint density at radius 2 is 1.78 bits per heavy atom. The molecule has 2 nitrogen and oxygen atoms in total. The summed E-state index contributed by atoms with van der Waals surface area (Å²) >= 11 is 0. The van der Waals surface area contributed by atoms with Crippen molar-refractivity contribution in [3.63, 3.8) is 0 Å².